The van der Waals surface area contributed by atoms with Crippen LogP contribution in [0.4, 0.5) is 13.2 Å². The van der Waals surface area contributed by atoms with Gasteiger partial charge in [0.2, 0.25) is 0 Å². The first-order valence-corrected chi connectivity index (χ1v) is 13.8. The summed E-state index contributed by atoms with van der Waals surface area (Å²) in [4.78, 5) is 19.1. The van der Waals surface area contributed by atoms with Crippen molar-refractivity contribution in [2.75, 3.05) is 13.1 Å². The molecule has 37 heavy (non-hydrogen) atoms. The second kappa shape index (κ2) is 11.1. The first-order valence-electron chi connectivity index (χ1n) is 11.9. The van der Waals surface area contributed by atoms with Crippen LogP contribution in [0, 0.1) is 0 Å². The molecule has 0 aliphatic carbocycles. The van der Waals surface area contributed by atoms with Gasteiger partial charge in [-0.25, -0.2) is 4.98 Å². The predicted octanol–water partition coefficient (Wildman–Crippen LogP) is 6.25. The van der Waals surface area contributed by atoms with Crippen molar-refractivity contribution >= 4 is 29.0 Å². The summed E-state index contributed by atoms with van der Waals surface area (Å²) >= 11 is 2.72. The number of likely N-dealkylation sites (tertiary alicyclic amines) is 1. The fourth-order valence-corrected chi connectivity index (χ4v) is 5.98. The van der Waals surface area contributed by atoms with E-state index in [1.807, 2.05) is 35.2 Å². The molecule has 1 amide bonds. The average molecular weight is 544 g/mol. The maximum absolute atomic E-state index is 13.4. The van der Waals surface area contributed by atoms with E-state index in [4.69, 9.17) is 0 Å². The van der Waals surface area contributed by atoms with E-state index >= 15 is 0 Å². The third-order valence-electron chi connectivity index (χ3n) is 6.08. The molecular weight excluding hydrogens is 519 g/mol. The van der Waals surface area contributed by atoms with Gasteiger partial charge in [-0.2, -0.15) is 13.2 Å². The van der Waals surface area contributed by atoms with E-state index in [1.165, 1.54) is 29.2 Å². The second-order valence-electron chi connectivity index (χ2n) is 8.71. The number of rotatable bonds is 7. The lowest BCUT2D eigenvalue weighted by Crippen LogP contribution is -2.35. The molecule has 2 aromatic carbocycles. The van der Waals surface area contributed by atoms with Crippen molar-refractivity contribution in [2.24, 2.45) is 0 Å². The molecule has 0 saturated carbocycles. The fourth-order valence-electron chi connectivity index (χ4n) is 4.23. The molecule has 0 bridgehead atoms. The molecule has 0 atom stereocenters. The molecule has 4 aromatic rings. The Bertz CT molecular complexity index is 1360. The van der Waals surface area contributed by atoms with Crippen molar-refractivity contribution in [3.63, 3.8) is 0 Å². The lowest BCUT2D eigenvalue weighted by molar-refractivity contribution is -0.137. The van der Waals surface area contributed by atoms with E-state index < -0.39 is 11.7 Å². The number of carbonyl (C=O) groups excluding carboxylic acids is 1. The van der Waals surface area contributed by atoms with Crippen molar-refractivity contribution in [1.82, 2.24) is 24.6 Å². The number of halogens is 3. The van der Waals surface area contributed by atoms with Gasteiger partial charge in [0.1, 0.15) is 16.5 Å². The minimum absolute atomic E-state index is 0.0514. The molecular formula is C26H24F3N5OS2. The maximum atomic E-state index is 13.4. The normalized spacial score (nSPS) is 14.2. The monoisotopic (exact) mass is 543 g/mol. The number of thiazole rings is 1. The van der Waals surface area contributed by atoms with E-state index in [1.54, 1.807) is 16.0 Å². The Morgan fingerprint density at radius 3 is 2.54 bits per heavy atom. The number of alkyl halides is 3. The maximum Gasteiger partial charge on any atom is 0.416 e. The van der Waals surface area contributed by atoms with Crippen LogP contribution in [0.15, 0.2) is 65.1 Å². The summed E-state index contributed by atoms with van der Waals surface area (Å²) in [7, 11) is 0. The number of hydrogen-bond donors (Lipinski definition) is 0. The van der Waals surface area contributed by atoms with Crippen LogP contribution in [0.5, 0.6) is 0 Å². The third-order valence-corrected chi connectivity index (χ3v) is 8.05. The van der Waals surface area contributed by atoms with E-state index in [0.29, 0.717) is 34.5 Å². The van der Waals surface area contributed by atoms with Gasteiger partial charge in [-0.3, -0.25) is 9.36 Å². The number of benzene rings is 2. The summed E-state index contributed by atoms with van der Waals surface area (Å²) in [5, 5.41) is 11.6. The zero-order chi connectivity index (χ0) is 25.8. The van der Waals surface area contributed by atoms with Gasteiger partial charge in [-0.05, 0) is 43.0 Å². The molecule has 0 spiro atoms. The zero-order valence-electron chi connectivity index (χ0n) is 19.8. The van der Waals surface area contributed by atoms with Crippen LogP contribution in [0.3, 0.4) is 0 Å². The Morgan fingerprint density at radius 1 is 1.00 bits per heavy atom. The summed E-state index contributed by atoms with van der Waals surface area (Å²) in [5.41, 5.74) is 1.02. The molecule has 0 radical (unpaired) electrons. The number of hydrogen-bond acceptors (Lipinski definition) is 6. The van der Waals surface area contributed by atoms with E-state index in [-0.39, 0.29) is 5.91 Å². The zero-order valence-corrected chi connectivity index (χ0v) is 21.5. The second-order valence-corrected chi connectivity index (χ2v) is 10.6. The number of piperidine rings is 1. The summed E-state index contributed by atoms with van der Waals surface area (Å²) < 4.78 is 42.0. The number of aromatic nitrogens is 4. The lowest BCUT2D eigenvalue weighted by Gasteiger charge is -2.25. The van der Waals surface area contributed by atoms with E-state index in [9.17, 15) is 18.0 Å². The molecule has 2 aromatic heterocycles. The number of amides is 1. The van der Waals surface area contributed by atoms with Crippen LogP contribution >= 0.6 is 23.1 Å². The smallest absolute Gasteiger partial charge is 0.337 e. The highest BCUT2D eigenvalue weighted by Gasteiger charge is 2.31. The standard InChI is InChI=1S/C26H24F3N5OS2/c27-26(28,29)19-10-7-11-20(15-19)34-22(14-18-8-3-1-4-9-18)31-32-25(34)37-17-23-30-21(16-36-23)24(35)33-12-5-2-6-13-33/h1,3-4,7-11,15-16H,2,5-6,12-14,17H2. The van der Waals surface area contributed by atoms with Gasteiger partial charge in [0.05, 0.1) is 17.0 Å². The Labute approximate surface area is 220 Å². The molecule has 1 aliphatic rings. The molecule has 1 aliphatic heterocycles. The molecule has 11 heteroatoms. The lowest BCUT2D eigenvalue weighted by atomic mass is 10.1. The topological polar surface area (TPSA) is 63.9 Å². The van der Waals surface area contributed by atoms with Crippen molar-refractivity contribution in [3.05, 3.63) is 87.6 Å². The minimum atomic E-state index is -4.46. The van der Waals surface area contributed by atoms with Gasteiger partial charge in [0, 0.05) is 24.9 Å². The highest BCUT2D eigenvalue weighted by molar-refractivity contribution is 7.98. The van der Waals surface area contributed by atoms with Crippen LogP contribution in [-0.4, -0.2) is 43.6 Å². The summed E-state index contributed by atoms with van der Waals surface area (Å²) in [6.07, 6.45) is -0.892. The minimum Gasteiger partial charge on any atom is -0.337 e. The third kappa shape index (κ3) is 6.04. The van der Waals surface area contributed by atoms with Crippen molar-refractivity contribution in [1.29, 1.82) is 0 Å². The first kappa shape index (κ1) is 25.5. The van der Waals surface area contributed by atoms with Crippen molar-refractivity contribution < 1.29 is 18.0 Å². The Morgan fingerprint density at radius 2 is 1.78 bits per heavy atom. The predicted molar refractivity (Wildman–Crippen MR) is 137 cm³/mol. The molecule has 192 valence electrons. The molecule has 0 unspecified atom stereocenters. The van der Waals surface area contributed by atoms with Gasteiger partial charge in [-0.15, -0.1) is 21.5 Å². The average Bonchev–Trinajstić information content (AvgIpc) is 3.55. The van der Waals surface area contributed by atoms with Crippen LogP contribution in [0.2, 0.25) is 0 Å². The van der Waals surface area contributed by atoms with E-state index in [0.717, 1.165) is 55.1 Å². The molecule has 6 nitrogen and oxygen atoms in total. The van der Waals surface area contributed by atoms with Gasteiger partial charge >= 0.3 is 6.18 Å². The van der Waals surface area contributed by atoms with Crippen molar-refractivity contribution in [3.8, 4) is 5.69 Å². The van der Waals surface area contributed by atoms with Gasteiger partial charge in [-0.1, -0.05) is 48.2 Å². The SMILES string of the molecule is O=C(c1csc(CSc2nnc(Cc3ccccc3)n2-c2cccc(C(F)(F)F)c2)n1)N1CCCCC1. The first-order chi connectivity index (χ1) is 17.9. The Kier molecular flexibility index (Phi) is 7.61. The van der Waals surface area contributed by atoms with Crippen LogP contribution < -0.4 is 0 Å². The summed E-state index contributed by atoms with van der Waals surface area (Å²) in [5.74, 6) is 0.901. The number of nitrogens with zero attached hydrogens (tertiary/aromatic N) is 5. The van der Waals surface area contributed by atoms with Crippen LogP contribution in [0.1, 0.15) is 51.7 Å². The highest BCUT2D eigenvalue weighted by Crippen LogP contribution is 2.33. The largest absolute Gasteiger partial charge is 0.416 e. The molecule has 5 rings (SSSR count). The quantitative estimate of drug-likeness (QED) is 0.258. The van der Waals surface area contributed by atoms with Crippen LogP contribution in [0.25, 0.3) is 5.69 Å². The van der Waals surface area contributed by atoms with Gasteiger partial charge in [0.15, 0.2) is 5.16 Å². The Balaban J connectivity index is 1.40. The van der Waals surface area contributed by atoms with Gasteiger partial charge < -0.3 is 4.90 Å². The van der Waals surface area contributed by atoms with Crippen LogP contribution in [-0.2, 0) is 18.3 Å². The highest BCUT2D eigenvalue weighted by atomic mass is 32.2. The number of carbonyl (C=O) groups is 1. The fraction of sp³-hybridized carbons (Fsp3) is 0.308. The van der Waals surface area contributed by atoms with Crippen molar-refractivity contribution in [2.45, 2.75) is 42.8 Å². The summed E-state index contributed by atoms with van der Waals surface area (Å²) in [6, 6.07) is 14.8. The Hall–Kier alpha value is -3.18. The molecule has 1 saturated heterocycles. The molecule has 0 N–H and O–H groups in total. The number of thioether (sulfide) groups is 1. The summed E-state index contributed by atoms with van der Waals surface area (Å²) in [6.45, 7) is 1.51. The van der Waals surface area contributed by atoms with Gasteiger partial charge in [0.25, 0.3) is 5.91 Å². The molecule has 1 fully saturated rings. The molecule has 3 heterocycles. The van der Waals surface area contributed by atoms with E-state index in [2.05, 4.69) is 15.2 Å².